The summed E-state index contributed by atoms with van der Waals surface area (Å²) in [4.78, 5) is 24.3. The molecule has 7 heteroatoms. The number of aromatic nitrogens is 3. The Balaban J connectivity index is 1.46. The molecule has 0 bridgehead atoms. The molecule has 0 radical (unpaired) electrons. The number of nitrogens with zero attached hydrogens (tertiary/aromatic N) is 4. The maximum Gasteiger partial charge on any atom is 0.253 e. The van der Waals surface area contributed by atoms with Gasteiger partial charge < -0.3 is 10.2 Å². The third-order valence-corrected chi connectivity index (χ3v) is 6.42. The lowest BCUT2D eigenvalue weighted by Gasteiger charge is -2.45. The summed E-state index contributed by atoms with van der Waals surface area (Å²) < 4.78 is 2.22. The predicted molar refractivity (Wildman–Crippen MR) is 117 cm³/mol. The minimum atomic E-state index is -0.257. The van der Waals surface area contributed by atoms with Gasteiger partial charge in [0, 0.05) is 35.8 Å². The van der Waals surface area contributed by atoms with E-state index in [0.717, 1.165) is 35.9 Å². The van der Waals surface area contributed by atoms with Gasteiger partial charge in [-0.05, 0) is 49.2 Å². The number of amides is 1. The average molecular weight is 422 g/mol. The highest BCUT2D eigenvalue weighted by Crippen LogP contribution is 2.44. The molecule has 5 rings (SSSR count). The van der Waals surface area contributed by atoms with E-state index < -0.39 is 0 Å². The second-order valence-electron chi connectivity index (χ2n) is 8.37. The Hall–Kier alpha value is -2.86. The number of pyridine rings is 1. The zero-order chi connectivity index (χ0) is 20.9. The molecule has 6 nitrogen and oxygen atoms in total. The number of anilines is 1. The summed E-state index contributed by atoms with van der Waals surface area (Å²) >= 11 is 5.97. The Kier molecular flexibility index (Phi) is 4.54. The van der Waals surface area contributed by atoms with Gasteiger partial charge in [-0.1, -0.05) is 25.4 Å². The molecule has 0 unspecified atom stereocenters. The van der Waals surface area contributed by atoms with Crippen LogP contribution in [-0.4, -0.2) is 38.4 Å². The van der Waals surface area contributed by atoms with Crippen LogP contribution in [0.4, 0.5) is 5.69 Å². The summed E-state index contributed by atoms with van der Waals surface area (Å²) in [6, 6.07) is 11.1. The summed E-state index contributed by atoms with van der Waals surface area (Å²) in [6.45, 7) is 5.65. The topological polar surface area (TPSA) is 63.1 Å². The van der Waals surface area contributed by atoms with Crippen LogP contribution < -0.4 is 5.32 Å². The molecule has 4 heterocycles. The first-order chi connectivity index (χ1) is 14.5. The van der Waals surface area contributed by atoms with Crippen molar-refractivity contribution in [3.8, 4) is 5.82 Å². The number of hydrogen-bond donors (Lipinski definition) is 1. The first-order valence-electron chi connectivity index (χ1n) is 10.3. The van der Waals surface area contributed by atoms with E-state index in [0.29, 0.717) is 23.7 Å². The molecule has 2 aliphatic rings. The minimum absolute atomic E-state index is 0.0516. The number of hydrogen-bond acceptors (Lipinski definition) is 4. The van der Waals surface area contributed by atoms with Crippen LogP contribution in [0.5, 0.6) is 0 Å². The molecule has 3 aromatic rings. The highest BCUT2D eigenvalue weighted by Gasteiger charge is 2.44. The second-order valence-corrected chi connectivity index (χ2v) is 8.81. The van der Waals surface area contributed by atoms with Crippen LogP contribution in [0.2, 0.25) is 5.02 Å². The standard InChI is InChI=1S/C23H24ClN5O/c1-15(2)20-26-14-19-23(27-18-4-3-11-25-21(18)29(19)20)9-12-28(13-10-23)22(30)16-5-7-17(24)8-6-16/h3-8,11,14-15,27H,9-10,12-13H2,1-2H3. The first kappa shape index (κ1) is 19.1. The molecule has 1 N–H and O–H groups in total. The third-order valence-electron chi connectivity index (χ3n) is 6.16. The smallest absolute Gasteiger partial charge is 0.253 e. The van der Waals surface area contributed by atoms with Crippen LogP contribution in [0.25, 0.3) is 5.82 Å². The molecule has 1 amide bonds. The highest BCUT2D eigenvalue weighted by molar-refractivity contribution is 6.30. The molecule has 1 saturated heterocycles. The lowest BCUT2D eigenvalue weighted by atomic mass is 9.82. The van der Waals surface area contributed by atoms with E-state index in [2.05, 4.69) is 34.8 Å². The molecular formula is C23H24ClN5O. The quantitative estimate of drug-likeness (QED) is 0.656. The van der Waals surface area contributed by atoms with E-state index in [9.17, 15) is 4.79 Å². The number of imidazole rings is 1. The van der Waals surface area contributed by atoms with Gasteiger partial charge in [-0.2, -0.15) is 0 Å². The molecule has 0 saturated carbocycles. The number of carbonyl (C=O) groups is 1. The predicted octanol–water partition coefficient (Wildman–Crippen LogP) is 4.60. The van der Waals surface area contributed by atoms with Crippen LogP contribution >= 0.6 is 11.6 Å². The van der Waals surface area contributed by atoms with E-state index in [1.165, 1.54) is 0 Å². The molecule has 1 aromatic carbocycles. The first-order valence-corrected chi connectivity index (χ1v) is 10.7. The number of fused-ring (bicyclic) bond motifs is 4. The SMILES string of the molecule is CC(C)c1ncc2n1-c1ncccc1NC21CCN(C(=O)c2ccc(Cl)cc2)CC1. The van der Waals surface area contributed by atoms with Gasteiger partial charge in [-0.15, -0.1) is 0 Å². The molecule has 0 aliphatic carbocycles. The van der Waals surface area contributed by atoms with E-state index in [1.807, 2.05) is 23.4 Å². The number of rotatable bonds is 2. The van der Waals surface area contributed by atoms with Crippen molar-refractivity contribution in [3.63, 3.8) is 0 Å². The van der Waals surface area contributed by atoms with Gasteiger partial charge in [-0.25, -0.2) is 9.97 Å². The number of benzene rings is 1. The van der Waals surface area contributed by atoms with Crippen molar-refractivity contribution in [1.29, 1.82) is 0 Å². The van der Waals surface area contributed by atoms with Crippen LogP contribution in [0.3, 0.4) is 0 Å². The largest absolute Gasteiger partial charge is 0.371 e. The van der Waals surface area contributed by atoms with Gasteiger partial charge in [0.05, 0.1) is 23.1 Å². The molecule has 1 spiro atoms. The monoisotopic (exact) mass is 421 g/mol. The lowest BCUT2D eigenvalue weighted by molar-refractivity contribution is 0.0676. The van der Waals surface area contributed by atoms with Gasteiger partial charge in [0.2, 0.25) is 0 Å². The Morgan fingerprint density at radius 2 is 1.87 bits per heavy atom. The van der Waals surface area contributed by atoms with Crippen molar-refractivity contribution in [3.05, 3.63) is 70.9 Å². The van der Waals surface area contributed by atoms with E-state index >= 15 is 0 Å². The molecular weight excluding hydrogens is 398 g/mol. The van der Waals surface area contributed by atoms with Crippen molar-refractivity contribution in [2.45, 2.75) is 38.1 Å². The number of carbonyl (C=O) groups excluding carboxylic acids is 1. The molecule has 2 aliphatic heterocycles. The number of nitrogens with one attached hydrogen (secondary N) is 1. The molecule has 0 atom stereocenters. The van der Waals surface area contributed by atoms with Crippen LogP contribution in [0, 0.1) is 0 Å². The van der Waals surface area contributed by atoms with E-state index in [4.69, 9.17) is 16.6 Å². The molecule has 1 fully saturated rings. The average Bonchev–Trinajstić information content (AvgIpc) is 3.21. The fourth-order valence-corrected chi connectivity index (χ4v) is 4.70. The zero-order valence-corrected chi connectivity index (χ0v) is 17.9. The molecule has 154 valence electrons. The highest BCUT2D eigenvalue weighted by atomic mass is 35.5. The Morgan fingerprint density at radius 3 is 2.57 bits per heavy atom. The molecule has 2 aromatic heterocycles. The Labute approximate surface area is 180 Å². The van der Waals surface area contributed by atoms with E-state index in [1.54, 1.807) is 24.3 Å². The summed E-state index contributed by atoms with van der Waals surface area (Å²) in [5.74, 6) is 2.26. The van der Waals surface area contributed by atoms with Crippen LogP contribution in [-0.2, 0) is 5.54 Å². The lowest BCUT2D eigenvalue weighted by Crippen LogP contribution is -2.51. The van der Waals surface area contributed by atoms with Crippen LogP contribution in [0.15, 0.2) is 48.8 Å². The van der Waals surface area contributed by atoms with Crippen molar-refractivity contribution in [2.75, 3.05) is 18.4 Å². The Bertz CT molecular complexity index is 1100. The fourth-order valence-electron chi connectivity index (χ4n) is 4.58. The van der Waals surface area contributed by atoms with E-state index in [-0.39, 0.29) is 17.4 Å². The van der Waals surface area contributed by atoms with Gasteiger partial charge in [-0.3, -0.25) is 9.36 Å². The van der Waals surface area contributed by atoms with Crippen molar-refractivity contribution < 1.29 is 4.79 Å². The Morgan fingerprint density at radius 1 is 1.13 bits per heavy atom. The summed E-state index contributed by atoms with van der Waals surface area (Å²) in [5, 5.41) is 4.38. The maximum atomic E-state index is 13.0. The van der Waals surface area contributed by atoms with Crippen molar-refractivity contribution in [1.82, 2.24) is 19.4 Å². The van der Waals surface area contributed by atoms with Gasteiger partial charge in [0.15, 0.2) is 5.82 Å². The number of halogens is 1. The second kappa shape index (κ2) is 7.13. The van der Waals surface area contributed by atoms with Gasteiger partial charge in [0.1, 0.15) is 5.82 Å². The zero-order valence-electron chi connectivity index (χ0n) is 17.1. The van der Waals surface area contributed by atoms with Gasteiger partial charge in [0.25, 0.3) is 5.91 Å². The number of piperidine rings is 1. The summed E-state index contributed by atoms with van der Waals surface area (Å²) in [5.41, 5.74) is 2.57. The minimum Gasteiger partial charge on any atom is -0.371 e. The molecule has 30 heavy (non-hydrogen) atoms. The van der Waals surface area contributed by atoms with Crippen molar-refractivity contribution in [2.24, 2.45) is 0 Å². The number of likely N-dealkylation sites (tertiary alicyclic amines) is 1. The summed E-state index contributed by atoms with van der Waals surface area (Å²) in [6.07, 6.45) is 5.42. The van der Waals surface area contributed by atoms with Crippen LogP contribution in [0.1, 0.15) is 54.5 Å². The fraction of sp³-hybridized carbons (Fsp3) is 0.348. The van der Waals surface area contributed by atoms with Gasteiger partial charge >= 0.3 is 0 Å². The van der Waals surface area contributed by atoms with Crippen molar-refractivity contribution >= 4 is 23.2 Å². The summed E-state index contributed by atoms with van der Waals surface area (Å²) in [7, 11) is 0. The maximum absolute atomic E-state index is 13.0. The third kappa shape index (κ3) is 2.98. The normalized spacial score (nSPS) is 16.9.